The molecule has 18 heavy (non-hydrogen) atoms. The van der Waals surface area contributed by atoms with Gasteiger partial charge in [-0.25, -0.2) is 0 Å². The summed E-state index contributed by atoms with van der Waals surface area (Å²) in [5.74, 6) is 0.838. The normalized spacial score (nSPS) is 17.3. The van der Waals surface area contributed by atoms with Crippen LogP contribution in [0.3, 0.4) is 0 Å². The quantitative estimate of drug-likeness (QED) is 0.831. The number of carbonyl (C=O) groups excluding carboxylic acids is 1. The maximum atomic E-state index is 12.2. The zero-order valence-corrected chi connectivity index (χ0v) is 12.5. The standard InChI is InChI=1S/C13H17IN2O2/c1-10(13(17)16-8-6-15-7-9-16)18-12-5-3-2-4-11(12)14/h2-5,10,15H,6-9H2,1H3. The van der Waals surface area contributed by atoms with Crippen molar-refractivity contribution in [2.24, 2.45) is 0 Å². The van der Waals surface area contributed by atoms with Gasteiger partial charge in [0.2, 0.25) is 0 Å². The Labute approximate surface area is 121 Å². The van der Waals surface area contributed by atoms with Gasteiger partial charge in [-0.15, -0.1) is 0 Å². The van der Waals surface area contributed by atoms with Crippen LogP contribution in [0, 0.1) is 3.57 Å². The SMILES string of the molecule is CC(Oc1ccccc1I)C(=O)N1CCNCC1. The maximum absolute atomic E-state index is 12.2. The van der Waals surface area contributed by atoms with Crippen LogP contribution in [0.25, 0.3) is 0 Å². The van der Waals surface area contributed by atoms with Crippen LogP contribution < -0.4 is 10.1 Å². The van der Waals surface area contributed by atoms with E-state index >= 15 is 0 Å². The largest absolute Gasteiger partial charge is 0.480 e. The number of piperazine rings is 1. The summed E-state index contributed by atoms with van der Waals surface area (Å²) in [5.41, 5.74) is 0. The van der Waals surface area contributed by atoms with Crippen molar-refractivity contribution in [2.45, 2.75) is 13.0 Å². The topological polar surface area (TPSA) is 41.6 Å². The number of rotatable bonds is 3. The van der Waals surface area contributed by atoms with Crippen molar-refractivity contribution in [3.05, 3.63) is 27.8 Å². The maximum Gasteiger partial charge on any atom is 0.263 e. The smallest absolute Gasteiger partial charge is 0.263 e. The van der Waals surface area contributed by atoms with Crippen molar-refractivity contribution in [2.75, 3.05) is 26.2 Å². The number of hydrogen-bond acceptors (Lipinski definition) is 3. The number of hydrogen-bond donors (Lipinski definition) is 1. The Morgan fingerprint density at radius 3 is 2.72 bits per heavy atom. The summed E-state index contributed by atoms with van der Waals surface area (Å²) in [6.45, 7) is 5.06. The molecule has 0 spiro atoms. The molecule has 1 aliphatic heterocycles. The molecule has 2 rings (SSSR count). The van der Waals surface area contributed by atoms with E-state index in [2.05, 4.69) is 27.9 Å². The van der Waals surface area contributed by atoms with Crippen LogP contribution in [0.2, 0.25) is 0 Å². The van der Waals surface area contributed by atoms with E-state index in [1.807, 2.05) is 36.1 Å². The summed E-state index contributed by atoms with van der Waals surface area (Å²) in [6.07, 6.45) is -0.431. The molecular formula is C13H17IN2O2. The summed E-state index contributed by atoms with van der Waals surface area (Å²) >= 11 is 2.21. The van der Waals surface area contributed by atoms with E-state index in [4.69, 9.17) is 4.74 Å². The van der Waals surface area contributed by atoms with E-state index < -0.39 is 6.10 Å². The fourth-order valence-corrected chi connectivity index (χ4v) is 2.44. The highest BCUT2D eigenvalue weighted by molar-refractivity contribution is 14.1. The molecule has 1 saturated heterocycles. The molecule has 0 saturated carbocycles. The number of benzene rings is 1. The Hall–Kier alpha value is -0.820. The Balaban J connectivity index is 1.96. The molecule has 0 bridgehead atoms. The Morgan fingerprint density at radius 1 is 1.39 bits per heavy atom. The number of amides is 1. The number of halogens is 1. The summed E-state index contributed by atoms with van der Waals surface area (Å²) in [6, 6.07) is 7.73. The van der Waals surface area contributed by atoms with Crippen LogP contribution in [0.1, 0.15) is 6.92 Å². The molecule has 5 heteroatoms. The van der Waals surface area contributed by atoms with Gasteiger partial charge in [-0.3, -0.25) is 4.79 Å². The minimum Gasteiger partial charge on any atom is -0.480 e. The molecule has 0 aromatic heterocycles. The fourth-order valence-electron chi connectivity index (χ4n) is 1.92. The third-order valence-electron chi connectivity index (χ3n) is 2.92. The summed E-state index contributed by atoms with van der Waals surface area (Å²) in [4.78, 5) is 14.0. The van der Waals surface area contributed by atoms with Crippen molar-refractivity contribution in [1.29, 1.82) is 0 Å². The Bertz CT molecular complexity index is 419. The molecule has 1 N–H and O–H groups in total. The number of ether oxygens (including phenoxy) is 1. The number of nitrogens with zero attached hydrogens (tertiary/aromatic N) is 1. The van der Waals surface area contributed by atoms with Crippen molar-refractivity contribution >= 4 is 28.5 Å². The third kappa shape index (κ3) is 3.35. The fraction of sp³-hybridized carbons (Fsp3) is 0.462. The molecule has 98 valence electrons. The van der Waals surface area contributed by atoms with Gasteiger partial charge in [-0.1, -0.05) is 12.1 Å². The van der Waals surface area contributed by atoms with Crippen LogP contribution in [0.15, 0.2) is 24.3 Å². The van der Waals surface area contributed by atoms with E-state index in [9.17, 15) is 4.79 Å². The lowest BCUT2D eigenvalue weighted by molar-refractivity contribution is -0.138. The van der Waals surface area contributed by atoms with E-state index in [1.54, 1.807) is 0 Å². The highest BCUT2D eigenvalue weighted by atomic mass is 127. The van der Waals surface area contributed by atoms with Gasteiger partial charge in [-0.05, 0) is 41.6 Å². The zero-order chi connectivity index (χ0) is 13.0. The first-order valence-electron chi connectivity index (χ1n) is 6.09. The summed E-state index contributed by atoms with van der Waals surface area (Å²) < 4.78 is 6.76. The minimum absolute atomic E-state index is 0.0659. The van der Waals surface area contributed by atoms with E-state index in [0.717, 1.165) is 35.5 Å². The van der Waals surface area contributed by atoms with Gasteiger partial charge < -0.3 is 15.0 Å². The first kappa shape index (κ1) is 13.6. The van der Waals surface area contributed by atoms with Crippen molar-refractivity contribution in [3.63, 3.8) is 0 Å². The number of carbonyl (C=O) groups is 1. The first-order chi connectivity index (χ1) is 8.68. The predicted molar refractivity (Wildman–Crippen MR) is 78.7 cm³/mol. The molecule has 1 heterocycles. The highest BCUT2D eigenvalue weighted by Crippen LogP contribution is 2.21. The third-order valence-corrected chi connectivity index (χ3v) is 3.81. The predicted octanol–water partition coefficient (Wildman–Crippen LogP) is 1.49. The monoisotopic (exact) mass is 360 g/mol. The van der Waals surface area contributed by atoms with E-state index in [0.29, 0.717) is 0 Å². The molecule has 1 amide bonds. The second-order valence-corrected chi connectivity index (χ2v) is 5.43. The van der Waals surface area contributed by atoms with Crippen LogP contribution in [-0.2, 0) is 4.79 Å². The Morgan fingerprint density at radius 2 is 2.06 bits per heavy atom. The first-order valence-corrected chi connectivity index (χ1v) is 7.17. The van der Waals surface area contributed by atoms with Gasteiger partial charge in [0.15, 0.2) is 6.10 Å². The molecule has 0 radical (unpaired) electrons. The average Bonchev–Trinajstić information content (AvgIpc) is 2.41. The molecular weight excluding hydrogens is 343 g/mol. The highest BCUT2D eigenvalue weighted by Gasteiger charge is 2.23. The number of nitrogens with one attached hydrogen (secondary N) is 1. The molecule has 1 aliphatic rings. The van der Waals surface area contributed by atoms with Gasteiger partial charge in [0.25, 0.3) is 5.91 Å². The van der Waals surface area contributed by atoms with Gasteiger partial charge >= 0.3 is 0 Å². The van der Waals surface area contributed by atoms with Gasteiger partial charge in [-0.2, -0.15) is 0 Å². The van der Waals surface area contributed by atoms with Gasteiger partial charge in [0.05, 0.1) is 3.57 Å². The molecule has 1 aromatic carbocycles. The lowest BCUT2D eigenvalue weighted by Crippen LogP contribution is -2.50. The van der Waals surface area contributed by atoms with Crippen LogP contribution in [0.4, 0.5) is 0 Å². The minimum atomic E-state index is -0.431. The molecule has 4 nitrogen and oxygen atoms in total. The van der Waals surface area contributed by atoms with Crippen molar-refractivity contribution in [3.8, 4) is 5.75 Å². The second kappa shape index (κ2) is 6.38. The van der Waals surface area contributed by atoms with Crippen molar-refractivity contribution < 1.29 is 9.53 Å². The van der Waals surface area contributed by atoms with Gasteiger partial charge in [0, 0.05) is 26.2 Å². The zero-order valence-electron chi connectivity index (χ0n) is 10.4. The lowest BCUT2D eigenvalue weighted by Gasteiger charge is -2.29. The van der Waals surface area contributed by atoms with Gasteiger partial charge in [0.1, 0.15) is 5.75 Å². The van der Waals surface area contributed by atoms with E-state index in [-0.39, 0.29) is 5.91 Å². The lowest BCUT2D eigenvalue weighted by atomic mass is 10.3. The van der Waals surface area contributed by atoms with Crippen molar-refractivity contribution in [1.82, 2.24) is 10.2 Å². The summed E-state index contributed by atoms with van der Waals surface area (Å²) in [5, 5.41) is 3.23. The average molecular weight is 360 g/mol. The second-order valence-electron chi connectivity index (χ2n) is 4.27. The molecule has 1 unspecified atom stereocenters. The number of para-hydroxylation sites is 1. The molecule has 0 aliphatic carbocycles. The van der Waals surface area contributed by atoms with E-state index in [1.165, 1.54) is 0 Å². The molecule has 1 aromatic rings. The molecule has 1 fully saturated rings. The van der Waals surface area contributed by atoms with Crippen LogP contribution >= 0.6 is 22.6 Å². The van der Waals surface area contributed by atoms with Crippen LogP contribution in [-0.4, -0.2) is 43.1 Å². The Kier molecular flexibility index (Phi) is 4.82. The molecule has 1 atom stereocenters. The van der Waals surface area contributed by atoms with Crippen LogP contribution in [0.5, 0.6) is 5.75 Å². The summed E-state index contributed by atoms with van der Waals surface area (Å²) in [7, 11) is 0.